The van der Waals surface area contributed by atoms with Gasteiger partial charge in [0.1, 0.15) is 15.8 Å². The minimum atomic E-state index is -1.10. The van der Waals surface area contributed by atoms with Gasteiger partial charge in [0.05, 0.1) is 0 Å². The minimum Gasteiger partial charge on any atom is -0.368 e. The average molecular weight is 286 g/mol. The number of carbonyl (C=O) groups excluding carboxylic acids is 2. The Morgan fingerprint density at radius 3 is 2.56 bits per heavy atom. The van der Waals surface area contributed by atoms with E-state index in [2.05, 4.69) is 26.2 Å². The lowest BCUT2D eigenvalue weighted by atomic mass is 10.1. The molecule has 5 nitrogen and oxygen atoms in total. The molecule has 0 aliphatic rings. The number of amides is 2. The molecule has 1 heterocycles. The summed E-state index contributed by atoms with van der Waals surface area (Å²) in [5.41, 5.74) is 4.27. The van der Waals surface area contributed by atoms with E-state index in [9.17, 15) is 9.59 Å². The SMILES string of the molecule is CC(C)(NC(=O)c1cccc(Br)n1)C(N)=O. The summed E-state index contributed by atoms with van der Waals surface area (Å²) in [4.78, 5) is 26.7. The minimum absolute atomic E-state index is 0.226. The van der Waals surface area contributed by atoms with Crippen LogP contribution in [0.15, 0.2) is 22.8 Å². The third-order valence-corrected chi connectivity index (χ3v) is 2.43. The zero-order valence-corrected chi connectivity index (χ0v) is 10.5. The molecule has 1 aromatic rings. The lowest BCUT2D eigenvalue weighted by molar-refractivity contribution is -0.122. The predicted molar refractivity (Wildman–Crippen MR) is 62.7 cm³/mol. The van der Waals surface area contributed by atoms with Crippen LogP contribution >= 0.6 is 15.9 Å². The first-order chi connectivity index (χ1) is 7.33. The van der Waals surface area contributed by atoms with Crippen LogP contribution in [-0.2, 0) is 4.79 Å². The highest BCUT2D eigenvalue weighted by Crippen LogP contribution is 2.08. The molecule has 0 bridgehead atoms. The molecule has 0 fully saturated rings. The highest BCUT2D eigenvalue weighted by Gasteiger charge is 2.27. The van der Waals surface area contributed by atoms with Crippen molar-refractivity contribution in [2.24, 2.45) is 5.73 Å². The summed E-state index contributed by atoms with van der Waals surface area (Å²) in [6, 6.07) is 4.94. The fourth-order valence-electron chi connectivity index (χ4n) is 0.944. The molecule has 1 rings (SSSR count). The van der Waals surface area contributed by atoms with Crippen molar-refractivity contribution in [2.45, 2.75) is 19.4 Å². The second-order valence-electron chi connectivity index (χ2n) is 3.79. The van der Waals surface area contributed by atoms with E-state index in [1.54, 1.807) is 18.2 Å². The van der Waals surface area contributed by atoms with Crippen LogP contribution in [0.3, 0.4) is 0 Å². The lowest BCUT2D eigenvalue weighted by Crippen LogP contribution is -2.53. The first kappa shape index (κ1) is 12.6. The Morgan fingerprint density at radius 1 is 1.44 bits per heavy atom. The van der Waals surface area contributed by atoms with Crippen LogP contribution in [0.2, 0.25) is 0 Å². The fraction of sp³-hybridized carbons (Fsp3) is 0.300. The standard InChI is InChI=1S/C10H12BrN3O2/c1-10(2,9(12)16)14-8(15)6-4-3-5-7(11)13-6/h3-5H,1-2H3,(H2,12,16)(H,14,15). The van der Waals surface area contributed by atoms with Gasteiger partial charge in [0.15, 0.2) is 0 Å². The maximum atomic E-state index is 11.7. The van der Waals surface area contributed by atoms with Crippen molar-refractivity contribution < 1.29 is 9.59 Å². The smallest absolute Gasteiger partial charge is 0.270 e. The number of pyridine rings is 1. The zero-order valence-electron chi connectivity index (χ0n) is 8.95. The predicted octanol–water partition coefficient (Wildman–Crippen LogP) is 0.838. The summed E-state index contributed by atoms with van der Waals surface area (Å²) < 4.78 is 0.553. The molecule has 16 heavy (non-hydrogen) atoms. The van der Waals surface area contributed by atoms with Crippen LogP contribution in [0, 0.1) is 0 Å². The topological polar surface area (TPSA) is 85.1 Å². The van der Waals surface area contributed by atoms with Crippen molar-refractivity contribution in [2.75, 3.05) is 0 Å². The fourth-order valence-corrected chi connectivity index (χ4v) is 1.29. The second-order valence-corrected chi connectivity index (χ2v) is 4.60. The molecular formula is C10H12BrN3O2. The molecule has 0 aromatic carbocycles. The second kappa shape index (κ2) is 4.61. The van der Waals surface area contributed by atoms with Crippen LogP contribution in [0.4, 0.5) is 0 Å². The third-order valence-electron chi connectivity index (χ3n) is 1.99. The Labute approximate surface area is 102 Å². The molecule has 3 N–H and O–H groups in total. The number of hydrogen-bond acceptors (Lipinski definition) is 3. The number of hydrogen-bond donors (Lipinski definition) is 2. The van der Waals surface area contributed by atoms with Gasteiger partial charge in [-0.3, -0.25) is 9.59 Å². The highest BCUT2D eigenvalue weighted by atomic mass is 79.9. The number of carbonyl (C=O) groups is 2. The Hall–Kier alpha value is -1.43. The Kier molecular flexibility index (Phi) is 3.64. The van der Waals surface area contributed by atoms with Crippen molar-refractivity contribution >= 4 is 27.7 Å². The van der Waals surface area contributed by atoms with Gasteiger partial charge in [0.2, 0.25) is 5.91 Å². The van der Waals surface area contributed by atoms with Crippen LogP contribution in [0.5, 0.6) is 0 Å². The first-order valence-electron chi connectivity index (χ1n) is 4.58. The zero-order chi connectivity index (χ0) is 12.3. The van der Waals surface area contributed by atoms with Gasteiger partial charge in [-0.25, -0.2) is 4.98 Å². The van der Waals surface area contributed by atoms with Crippen molar-refractivity contribution in [3.05, 3.63) is 28.5 Å². The maximum Gasteiger partial charge on any atom is 0.270 e. The molecule has 0 saturated carbocycles. The number of aromatic nitrogens is 1. The molecule has 0 unspecified atom stereocenters. The summed E-state index contributed by atoms with van der Waals surface area (Å²) in [5, 5.41) is 2.50. The van der Waals surface area contributed by atoms with Gasteiger partial charge in [-0.1, -0.05) is 6.07 Å². The summed E-state index contributed by atoms with van der Waals surface area (Å²) in [7, 11) is 0. The van der Waals surface area contributed by atoms with Crippen molar-refractivity contribution in [3.63, 3.8) is 0 Å². The van der Waals surface area contributed by atoms with Crippen molar-refractivity contribution in [1.29, 1.82) is 0 Å². The van der Waals surface area contributed by atoms with Gasteiger partial charge in [0.25, 0.3) is 5.91 Å². The number of rotatable bonds is 3. The molecule has 0 saturated heterocycles. The van der Waals surface area contributed by atoms with E-state index in [-0.39, 0.29) is 5.69 Å². The molecule has 0 aliphatic heterocycles. The number of halogens is 1. The van der Waals surface area contributed by atoms with Gasteiger partial charge in [-0.2, -0.15) is 0 Å². The Balaban J connectivity index is 2.85. The molecular weight excluding hydrogens is 274 g/mol. The van der Waals surface area contributed by atoms with E-state index in [0.717, 1.165) is 0 Å². The van der Waals surface area contributed by atoms with E-state index in [0.29, 0.717) is 4.60 Å². The van der Waals surface area contributed by atoms with E-state index in [1.807, 2.05) is 0 Å². The molecule has 0 spiro atoms. The van der Waals surface area contributed by atoms with E-state index < -0.39 is 17.4 Å². The summed E-state index contributed by atoms with van der Waals surface area (Å²) in [6.45, 7) is 3.07. The van der Waals surface area contributed by atoms with Crippen molar-refractivity contribution in [3.8, 4) is 0 Å². The van der Waals surface area contributed by atoms with E-state index in [4.69, 9.17) is 5.73 Å². The van der Waals surface area contributed by atoms with Gasteiger partial charge in [0, 0.05) is 0 Å². The molecule has 86 valence electrons. The molecule has 0 radical (unpaired) electrons. The molecule has 0 aliphatic carbocycles. The van der Waals surface area contributed by atoms with Gasteiger partial charge in [-0.15, -0.1) is 0 Å². The first-order valence-corrected chi connectivity index (χ1v) is 5.37. The van der Waals surface area contributed by atoms with Crippen LogP contribution < -0.4 is 11.1 Å². The highest BCUT2D eigenvalue weighted by molar-refractivity contribution is 9.10. The largest absolute Gasteiger partial charge is 0.368 e. The normalized spacial score (nSPS) is 10.9. The van der Waals surface area contributed by atoms with Crippen LogP contribution in [0.1, 0.15) is 24.3 Å². The van der Waals surface area contributed by atoms with Gasteiger partial charge >= 0.3 is 0 Å². The van der Waals surface area contributed by atoms with E-state index >= 15 is 0 Å². The average Bonchev–Trinajstić information content (AvgIpc) is 2.16. The number of nitrogens with zero attached hydrogens (tertiary/aromatic N) is 1. The maximum absolute atomic E-state index is 11.7. The number of primary amides is 1. The summed E-state index contributed by atoms with van der Waals surface area (Å²) in [5.74, 6) is -1.04. The number of nitrogens with one attached hydrogen (secondary N) is 1. The Bertz CT molecular complexity index is 432. The quantitative estimate of drug-likeness (QED) is 0.807. The summed E-state index contributed by atoms with van der Waals surface area (Å²) in [6.07, 6.45) is 0. The number of nitrogens with two attached hydrogens (primary N) is 1. The van der Waals surface area contributed by atoms with Crippen LogP contribution in [-0.4, -0.2) is 22.3 Å². The van der Waals surface area contributed by atoms with E-state index in [1.165, 1.54) is 13.8 Å². The molecule has 2 amide bonds. The third kappa shape index (κ3) is 3.03. The van der Waals surface area contributed by atoms with Gasteiger partial charge < -0.3 is 11.1 Å². The Morgan fingerprint density at radius 2 is 2.06 bits per heavy atom. The molecule has 1 aromatic heterocycles. The monoisotopic (exact) mass is 285 g/mol. The molecule has 6 heteroatoms. The molecule has 0 atom stereocenters. The van der Waals surface area contributed by atoms with Crippen molar-refractivity contribution in [1.82, 2.24) is 10.3 Å². The lowest BCUT2D eigenvalue weighted by Gasteiger charge is -2.21. The van der Waals surface area contributed by atoms with Crippen LogP contribution in [0.25, 0.3) is 0 Å². The summed E-state index contributed by atoms with van der Waals surface area (Å²) >= 11 is 3.16. The van der Waals surface area contributed by atoms with Gasteiger partial charge in [-0.05, 0) is 41.9 Å².